The van der Waals surface area contributed by atoms with Crippen molar-refractivity contribution in [1.29, 1.82) is 0 Å². The van der Waals surface area contributed by atoms with Crippen molar-refractivity contribution in [2.75, 3.05) is 0 Å². The van der Waals surface area contributed by atoms with E-state index < -0.39 is 17.7 Å². The number of rotatable bonds is 6. The fourth-order valence-corrected chi connectivity index (χ4v) is 1.91. The highest BCUT2D eigenvalue weighted by molar-refractivity contribution is 6.25. The fraction of sp³-hybridized carbons (Fsp3) is 0.438. The second-order valence-electron chi connectivity index (χ2n) is 5.95. The Balaban J connectivity index is 2.75. The number of ether oxygens (including phenoxy) is 1. The number of ketones is 1. The van der Waals surface area contributed by atoms with Gasteiger partial charge in [-0.25, -0.2) is 4.79 Å². The number of alkyl carbamates (subject to hydrolysis) is 1. The Kier molecular flexibility index (Phi) is 6.47. The van der Waals surface area contributed by atoms with Crippen molar-refractivity contribution in [3.05, 3.63) is 41.4 Å². The van der Waals surface area contributed by atoms with Crippen LogP contribution in [0.3, 0.4) is 0 Å². The first-order valence-corrected chi connectivity index (χ1v) is 7.04. The minimum absolute atomic E-state index is 0.0260. The van der Waals surface area contributed by atoms with E-state index in [0.717, 1.165) is 11.8 Å². The molecule has 0 spiro atoms. The summed E-state index contributed by atoms with van der Waals surface area (Å²) in [6, 6.07) is 9.04. The molecule has 22 heavy (non-hydrogen) atoms. The van der Waals surface area contributed by atoms with Crippen LogP contribution >= 0.6 is 0 Å². The average molecular weight is 303 g/mol. The molecule has 0 heterocycles. The van der Waals surface area contributed by atoms with E-state index in [1.165, 1.54) is 0 Å². The van der Waals surface area contributed by atoms with E-state index >= 15 is 0 Å². The van der Waals surface area contributed by atoms with Gasteiger partial charge in [0, 0.05) is 12.5 Å². The molecular weight excluding hydrogens is 282 g/mol. The Morgan fingerprint density at radius 1 is 1.32 bits per heavy atom. The SMILES string of the molecule is CC(C)(C)OC(=O)N[C@H](CC(=O)C=[N+]=[N-])Cc1ccccc1. The molecule has 0 bridgehead atoms. The van der Waals surface area contributed by atoms with Crippen molar-refractivity contribution in [3.63, 3.8) is 0 Å². The molecule has 1 aromatic carbocycles. The molecule has 6 nitrogen and oxygen atoms in total. The van der Waals surface area contributed by atoms with Crippen LogP contribution in [0.15, 0.2) is 30.3 Å². The van der Waals surface area contributed by atoms with Crippen molar-refractivity contribution in [1.82, 2.24) is 5.32 Å². The van der Waals surface area contributed by atoms with E-state index in [2.05, 4.69) is 10.1 Å². The number of amides is 1. The van der Waals surface area contributed by atoms with E-state index in [1.54, 1.807) is 20.8 Å². The minimum Gasteiger partial charge on any atom is -0.444 e. The van der Waals surface area contributed by atoms with Crippen LogP contribution < -0.4 is 5.32 Å². The summed E-state index contributed by atoms with van der Waals surface area (Å²) in [6.07, 6.45) is 0.750. The normalized spacial score (nSPS) is 12.0. The molecule has 0 saturated carbocycles. The Bertz CT molecular complexity index is 558. The summed E-state index contributed by atoms with van der Waals surface area (Å²) < 4.78 is 5.20. The van der Waals surface area contributed by atoms with Gasteiger partial charge in [0.15, 0.2) is 0 Å². The monoisotopic (exact) mass is 303 g/mol. The third-order valence-electron chi connectivity index (χ3n) is 2.70. The predicted molar refractivity (Wildman–Crippen MR) is 82.6 cm³/mol. The maximum absolute atomic E-state index is 11.9. The topological polar surface area (TPSA) is 91.8 Å². The largest absolute Gasteiger partial charge is 0.444 e. The number of carbonyl (C=O) groups excluding carboxylic acids is 2. The molecule has 0 unspecified atom stereocenters. The van der Waals surface area contributed by atoms with Gasteiger partial charge in [-0.15, -0.1) is 0 Å². The molecular formula is C16H21N3O3. The number of nitrogens with zero attached hydrogens (tertiary/aromatic N) is 2. The average Bonchev–Trinajstić information content (AvgIpc) is 2.37. The van der Waals surface area contributed by atoms with Gasteiger partial charge in [-0.2, -0.15) is 4.79 Å². The van der Waals surface area contributed by atoms with Crippen LogP contribution in [0.1, 0.15) is 32.8 Å². The van der Waals surface area contributed by atoms with E-state index in [9.17, 15) is 9.59 Å². The van der Waals surface area contributed by atoms with Gasteiger partial charge in [0.25, 0.3) is 0 Å². The number of carbonyl (C=O) groups is 2. The molecule has 0 aliphatic heterocycles. The summed E-state index contributed by atoms with van der Waals surface area (Å²) in [5, 5.41) is 2.69. The lowest BCUT2D eigenvalue weighted by Crippen LogP contribution is -2.41. The molecule has 1 rings (SSSR count). The Labute approximate surface area is 130 Å². The first-order chi connectivity index (χ1) is 10.3. The highest BCUT2D eigenvalue weighted by Gasteiger charge is 2.22. The Morgan fingerprint density at radius 2 is 1.95 bits per heavy atom. The van der Waals surface area contributed by atoms with Crippen LogP contribution in [0.25, 0.3) is 5.53 Å². The van der Waals surface area contributed by atoms with Crippen molar-refractivity contribution < 1.29 is 19.1 Å². The van der Waals surface area contributed by atoms with Crippen molar-refractivity contribution in [2.45, 2.75) is 45.3 Å². The van der Waals surface area contributed by atoms with Gasteiger partial charge in [0.05, 0.1) is 0 Å². The second-order valence-corrected chi connectivity index (χ2v) is 5.95. The van der Waals surface area contributed by atoms with E-state index in [4.69, 9.17) is 10.3 Å². The lowest BCUT2D eigenvalue weighted by molar-refractivity contribution is -0.116. The molecule has 118 valence electrons. The molecule has 0 aliphatic carbocycles. The van der Waals surface area contributed by atoms with Crippen molar-refractivity contribution in [2.24, 2.45) is 0 Å². The Morgan fingerprint density at radius 3 is 2.50 bits per heavy atom. The molecule has 0 saturated heterocycles. The molecule has 1 atom stereocenters. The minimum atomic E-state index is -0.613. The lowest BCUT2D eigenvalue weighted by Gasteiger charge is -2.23. The molecule has 1 N–H and O–H groups in total. The van der Waals surface area contributed by atoms with Crippen LogP contribution in [0, 0.1) is 0 Å². The smallest absolute Gasteiger partial charge is 0.407 e. The van der Waals surface area contributed by atoms with Gasteiger partial charge in [0.1, 0.15) is 5.60 Å². The number of benzene rings is 1. The third-order valence-corrected chi connectivity index (χ3v) is 2.70. The van der Waals surface area contributed by atoms with E-state index in [1.807, 2.05) is 30.3 Å². The summed E-state index contributed by atoms with van der Waals surface area (Å²) in [5.41, 5.74) is 8.78. The lowest BCUT2D eigenvalue weighted by atomic mass is 10.0. The van der Waals surface area contributed by atoms with Crippen LogP contribution in [0.2, 0.25) is 0 Å². The zero-order valence-corrected chi connectivity index (χ0v) is 13.1. The standard InChI is InChI=1S/C16H21N3O3/c1-16(2,3)22-15(21)19-13(10-14(20)11-18-17)9-12-7-5-4-6-8-12/h4-8,11,13H,9-10H2,1-3H3,(H,19,21)/t13-/m0/s1. The summed E-state index contributed by atoms with van der Waals surface area (Å²) in [5.74, 6) is -0.375. The zero-order valence-electron chi connectivity index (χ0n) is 13.1. The highest BCUT2D eigenvalue weighted by Crippen LogP contribution is 2.10. The zero-order chi connectivity index (χ0) is 16.6. The first kappa shape index (κ1) is 17.6. The highest BCUT2D eigenvalue weighted by atomic mass is 16.6. The van der Waals surface area contributed by atoms with Crippen LogP contribution in [-0.2, 0) is 16.0 Å². The predicted octanol–water partition coefficient (Wildman–Crippen LogP) is 2.38. The summed E-state index contributed by atoms with van der Waals surface area (Å²) >= 11 is 0. The van der Waals surface area contributed by atoms with E-state index in [0.29, 0.717) is 6.42 Å². The Hall–Kier alpha value is -2.46. The van der Waals surface area contributed by atoms with Gasteiger partial charge in [0.2, 0.25) is 5.78 Å². The molecule has 1 aromatic rings. The number of hydrogen-bond donors (Lipinski definition) is 1. The fourth-order valence-electron chi connectivity index (χ4n) is 1.91. The van der Waals surface area contributed by atoms with Gasteiger partial charge in [-0.05, 0) is 32.8 Å². The summed E-state index contributed by atoms with van der Waals surface area (Å²) in [7, 11) is 0. The van der Waals surface area contributed by atoms with Crippen LogP contribution in [0.4, 0.5) is 4.79 Å². The number of Topliss-reactive ketones (excluding diaryl/α,β-unsaturated/α-hetero) is 1. The number of nitrogens with one attached hydrogen (secondary N) is 1. The first-order valence-electron chi connectivity index (χ1n) is 7.04. The summed E-state index contributed by atoms with van der Waals surface area (Å²) in [6.45, 7) is 5.30. The number of hydrogen-bond acceptors (Lipinski definition) is 3. The molecule has 6 heteroatoms. The van der Waals surface area contributed by atoms with Gasteiger partial charge in [-0.1, -0.05) is 30.3 Å². The van der Waals surface area contributed by atoms with Crippen LogP contribution in [0.5, 0.6) is 0 Å². The third kappa shape index (κ3) is 7.36. The quantitative estimate of drug-likeness (QED) is 0.497. The van der Waals surface area contributed by atoms with Crippen LogP contribution in [-0.4, -0.2) is 34.5 Å². The van der Waals surface area contributed by atoms with Gasteiger partial charge >= 0.3 is 12.3 Å². The molecule has 0 radical (unpaired) electrons. The maximum atomic E-state index is 11.9. The second kappa shape index (κ2) is 8.10. The molecule has 0 aromatic heterocycles. The molecule has 0 aliphatic rings. The van der Waals surface area contributed by atoms with E-state index in [-0.39, 0.29) is 12.2 Å². The van der Waals surface area contributed by atoms with Crippen molar-refractivity contribution >= 4 is 18.1 Å². The summed E-state index contributed by atoms with van der Waals surface area (Å²) in [4.78, 5) is 26.2. The maximum Gasteiger partial charge on any atom is 0.407 e. The molecule has 0 fully saturated rings. The van der Waals surface area contributed by atoms with Gasteiger partial charge in [-0.3, -0.25) is 4.79 Å². The molecule has 1 amide bonds. The van der Waals surface area contributed by atoms with Crippen molar-refractivity contribution in [3.8, 4) is 0 Å². The van der Waals surface area contributed by atoms with Gasteiger partial charge < -0.3 is 15.6 Å².